The van der Waals surface area contributed by atoms with Gasteiger partial charge >= 0.3 is 0 Å². The number of benzene rings is 4. The predicted molar refractivity (Wildman–Crippen MR) is 164 cm³/mol. The van der Waals surface area contributed by atoms with Crippen LogP contribution in [0.25, 0.3) is 21.5 Å². The van der Waals surface area contributed by atoms with Crippen molar-refractivity contribution >= 4 is 62.5 Å². The Bertz CT molecular complexity index is 1930. The summed E-state index contributed by atoms with van der Waals surface area (Å²) in [6.45, 7) is 1.54. The Kier molecular flexibility index (Phi) is 6.71. The highest BCUT2D eigenvalue weighted by molar-refractivity contribution is 6.40. The fraction of sp³-hybridized carbons (Fsp3) is 0.273. The van der Waals surface area contributed by atoms with Crippen LogP contribution in [0.3, 0.4) is 0 Å². The van der Waals surface area contributed by atoms with Crippen LogP contribution in [0.4, 0.5) is 5.69 Å². The SMILES string of the molecule is CN(CCCN1C(=O)c2cccc3c(Cl)c([N+](=O)[O-])cc(c23)C1=O)CCCN1C(=O)c2ccc3c4c(ccc(c24)C1=O)CC3. The number of imide groups is 2. The molecule has 0 saturated carbocycles. The minimum atomic E-state index is -0.636. The van der Waals surface area contributed by atoms with E-state index in [4.69, 9.17) is 11.6 Å². The zero-order valence-corrected chi connectivity index (χ0v) is 24.6. The quantitative estimate of drug-likeness (QED) is 0.144. The summed E-state index contributed by atoms with van der Waals surface area (Å²) in [5.41, 5.74) is 3.53. The minimum Gasteiger partial charge on any atom is -0.306 e. The lowest BCUT2D eigenvalue weighted by atomic mass is 9.91. The first-order valence-electron chi connectivity index (χ1n) is 14.6. The summed E-state index contributed by atoms with van der Waals surface area (Å²) in [5.74, 6) is -1.58. The monoisotopic (exact) mass is 610 g/mol. The summed E-state index contributed by atoms with van der Waals surface area (Å²) in [4.78, 5) is 68.7. The van der Waals surface area contributed by atoms with Crippen molar-refractivity contribution in [1.82, 2.24) is 14.7 Å². The van der Waals surface area contributed by atoms with Crippen molar-refractivity contribution in [2.45, 2.75) is 25.7 Å². The molecule has 2 heterocycles. The highest BCUT2D eigenvalue weighted by atomic mass is 35.5. The number of amides is 4. The Labute approximate surface area is 256 Å². The predicted octanol–water partition coefficient (Wildman–Crippen LogP) is 5.26. The lowest BCUT2D eigenvalue weighted by molar-refractivity contribution is -0.384. The van der Waals surface area contributed by atoms with Crippen molar-refractivity contribution in [3.8, 4) is 0 Å². The summed E-state index contributed by atoms with van der Waals surface area (Å²) in [6.07, 6.45) is 2.88. The van der Waals surface area contributed by atoms with Crippen LogP contribution in [0.2, 0.25) is 5.02 Å². The first kappa shape index (κ1) is 28.1. The van der Waals surface area contributed by atoms with Crippen LogP contribution in [0.5, 0.6) is 0 Å². The molecule has 4 aromatic rings. The Morgan fingerprint density at radius 1 is 0.750 bits per heavy atom. The molecule has 3 aliphatic rings. The van der Waals surface area contributed by atoms with Crippen molar-refractivity contribution < 1.29 is 24.1 Å². The second-order valence-corrected chi connectivity index (χ2v) is 11.9. The highest BCUT2D eigenvalue weighted by Gasteiger charge is 2.36. The van der Waals surface area contributed by atoms with Gasteiger partial charge in [-0.2, -0.15) is 0 Å². The van der Waals surface area contributed by atoms with Gasteiger partial charge in [0, 0.05) is 52.0 Å². The number of carbonyl (C=O) groups excluding carboxylic acids is 4. The molecule has 0 N–H and O–H groups in total. The van der Waals surface area contributed by atoms with Crippen molar-refractivity contribution in [3.63, 3.8) is 0 Å². The van der Waals surface area contributed by atoms with E-state index in [2.05, 4.69) is 0 Å². The van der Waals surface area contributed by atoms with Gasteiger partial charge in [0.15, 0.2) is 0 Å². The molecule has 0 bridgehead atoms. The summed E-state index contributed by atoms with van der Waals surface area (Å²) < 4.78 is 0. The number of nitro benzene ring substituents is 1. The number of nitro groups is 1. The highest BCUT2D eigenvalue weighted by Crippen LogP contribution is 2.40. The van der Waals surface area contributed by atoms with Gasteiger partial charge in [0.1, 0.15) is 5.02 Å². The van der Waals surface area contributed by atoms with Crippen molar-refractivity contribution in [1.29, 1.82) is 0 Å². The molecule has 0 aromatic heterocycles. The summed E-state index contributed by atoms with van der Waals surface area (Å²) in [5, 5.41) is 14.0. The average molecular weight is 611 g/mol. The van der Waals surface area contributed by atoms with Gasteiger partial charge in [-0.15, -0.1) is 0 Å². The minimum absolute atomic E-state index is 0.0850. The lowest BCUT2D eigenvalue weighted by Gasteiger charge is -2.29. The third kappa shape index (κ3) is 4.20. The van der Waals surface area contributed by atoms with E-state index in [0.29, 0.717) is 47.8 Å². The van der Waals surface area contributed by atoms with Crippen molar-refractivity contribution in [3.05, 3.63) is 97.0 Å². The fourth-order valence-corrected chi connectivity index (χ4v) is 7.16. The van der Waals surface area contributed by atoms with Crippen LogP contribution in [-0.2, 0) is 12.8 Å². The maximum atomic E-state index is 13.4. The standard InChI is InChI=1S/C33H27ClN4O6/c1-35(13-3-15-36-31(40)22-11-9-18-7-8-19-10-12-23(32(36)41)28(22)26(18)19)14-4-16-37-30(39)21-6-2-5-20-27(21)24(33(37)42)17-25(29(20)34)38(43)44/h2,5-6,9-12,17H,3-4,7-8,13-16H2,1H3. The lowest BCUT2D eigenvalue weighted by Crippen LogP contribution is -2.42. The molecule has 0 atom stereocenters. The smallest absolute Gasteiger partial charge is 0.289 e. The van der Waals surface area contributed by atoms with E-state index in [1.54, 1.807) is 18.2 Å². The zero-order valence-electron chi connectivity index (χ0n) is 23.9. The molecular formula is C33H27ClN4O6. The van der Waals surface area contributed by atoms with Gasteiger partial charge in [-0.3, -0.25) is 39.1 Å². The van der Waals surface area contributed by atoms with Crippen LogP contribution in [-0.4, -0.2) is 76.5 Å². The number of hydrogen-bond donors (Lipinski definition) is 0. The maximum Gasteiger partial charge on any atom is 0.289 e. The number of aryl methyl sites for hydroxylation is 2. The summed E-state index contributed by atoms with van der Waals surface area (Å²) in [7, 11) is 1.90. The van der Waals surface area contributed by atoms with Gasteiger partial charge in [-0.05, 0) is 80.5 Å². The molecular weight excluding hydrogens is 584 g/mol. The number of halogens is 1. The zero-order chi connectivity index (χ0) is 30.9. The van der Waals surface area contributed by atoms with E-state index in [-0.39, 0.29) is 46.7 Å². The molecule has 0 fully saturated rings. The number of rotatable bonds is 9. The van der Waals surface area contributed by atoms with Crippen molar-refractivity contribution in [2.24, 2.45) is 0 Å². The Balaban J connectivity index is 0.982. The van der Waals surface area contributed by atoms with E-state index < -0.39 is 16.7 Å². The number of nitrogens with zero attached hydrogens (tertiary/aromatic N) is 4. The number of hydrogen-bond acceptors (Lipinski definition) is 7. The topological polar surface area (TPSA) is 121 Å². The molecule has 4 amide bonds. The largest absolute Gasteiger partial charge is 0.306 e. The maximum absolute atomic E-state index is 13.4. The normalized spacial score (nSPS) is 15.4. The first-order chi connectivity index (χ1) is 21.2. The molecule has 0 radical (unpaired) electrons. The van der Waals surface area contributed by atoms with Gasteiger partial charge in [0.2, 0.25) is 0 Å². The Hall–Kier alpha value is -4.67. The molecule has 10 nitrogen and oxygen atoms in total. The second-order valence-electron chi connectivity index (χ2n) is 11.6. The van der Waals surface area contributed by atoms with Gasteiger partial charge in [-0.1, -0.05) is 35.9 Å². The van der Waals surface area contributed by atoms with Crippen LogP contribution < -0.4 is 0 Å². The molecule has 0 unspecified atom stereocenters. The van der Waals surface area contributed by atoms with Gasteiger partial charge in [-0.25, -0.2) is 0 Å². The molecule has 1 aliphatic carbocycles. The molecule has 0 saturated heterocycles. The average Bonchev–Trinajstić information content (AvgIpc) is 3.44. The molecule has 0 spiro atoms. The molecule has 11 heteroatoms. The van der Waals surface area contributed by atoms with Crippen LogP contribution >= 0.6 is 11.6 Å². The first-order valence-corrected chi connectivity index (χ1v) is 14.9. The third-order valence-electron chi connectivity index (χ3n) is 9.02. The molecule has 222 valence electrons. The number of carbonyl (C=O) groups is 4. The van der Waals surface area contributed by atoms with E-state index >= 15 is 0 Å². The second kappa shape index (κ2) is 10.5. The van der Waals surface area contributed by atoms with Gasteiger partial charge in [0.05, 0.1) is 10.5 Å². The third-order valence-corrected chi connectivity index (χ3v) is 9.41. The van der Waals surface area contributed by atoms with E-state index in [1.165, 1.54) is 16.0 Å². The van der Waals surface area contributed by atoms with Crippen LogP contribution in [0.15, 0.2) is 48.5 Å². The summed E-state index contributed by atoms with van der Waals surface area (Å²) in [6, 6.07) is 13.6. The van der Waals surface area contributed by atoms with Gasteiger partial charge < -0.3 is 4.90 Å². The molecule has 7 rings (SSSR count). The molecule has 4 aromatic carbocycles. The van der Waals surface area contributed by atoms with E-state index in [1.807, 2.05) is 36.2 Å². The summed E-state index contributed by atoms with van der Waals surface area (Å²) >= 11 is 6.25. The fourth-order valence-electron chi connectivity index (χ4n) is 6.88. The Morgan fingerprint density at radius 2 is 1.27 bits per heavy atom. The van der Waals surface area contributed by atoms with Crippen molar-refractivity contribution in [2.75, 3.05) is 33.2 Å². The van der Waals surface area contributed by atoms with Gasteiger partial charge in [0.25, 0.3) is 29.3 Å². The van der Waals surface area contributed by atoms with Crippen LogP contribution in [0.1, 0.15) is 65.4 Å². The molecule has 44 heavy (non-hydrogen) atoms. The van der Waals surface area contributed by atoms with Crippen LogP contribution in [0, 0.1) is 10.1 Å². The van der Waals surface area contributed by atoms with E-state index in [0.717, 1.165) is 34.6 Å². The molecule has 2 aliphatic heterocycles. The van der Waals surface area contributed by atoms with E-state index in [9.17, 15) is 29.3 Å². The Morgan fingerprint density at radius 3 is 1.82 bits per heavy atom.